The van der Waals surface area contributed by atoms with Gasteiger partial charge in [-0.2, -0.15) is 13.2 Å². The first-order valence-electron chi connectivity index (χ1n) is 10.6. The van der Waals surface area contributed by atoms with Crippen molar-refractivity contribution in [2.75, 3.05) is 6.54 Å². The fourth-order valence-corrected chi connectivity index (χ4v) is 3.95. The Balaban J connectivity index is 1.57. The van der Waals surface area contributed by atoms with Crippen LogP contribution in [0.4, 0.5) is 17.6 Å². The van der Waals surface area contributed by atoms with E-state index >= 15 is 0 Å². The number of piperidine rings is 1. The van der Waals surface area contributed by atoms with Gasteiger partial charge in [0.05, 0.1) is 29.6 Å². The second-order valence-corrected chi connectivity index (χ2v) is 8.01. The van der Waals surface area contributed by atoms with E-state index in [-0.39, 0.29) is 17.7 Å². The number of rotatable bonds is 4. The zero-order valence-electron chi connectivity index (χ0n) is 18.4. The summed E-state index contributed by atoms with van der Waals surface area (Å²) in [6.45, 7) is 4.08. The van der Waals surface area contributed by atoms with Crippen molar-refractivity contribution in [3.8, 4) is 17.4 Å². The Hall–Kier alpha value is -3.63. The number of amides is 1. The summed E-state index contributed by atoms with van der Waals surface area (Å²) in [7, 11) is 0. The summed E-state index contributed by atoms with van der Waals surface area (Å²) in [6, 6.07) is 4.62. The number of hydrogen-bond donors (Lipinski definition) is 0. The van der Waals surface area contributed by atoms with Crippen molar-refractivity contribution in [1.29, 1.82) is 0 Å². The summed E-state index contributed by atoms with van der Waals surface area (Å²) in [6.07, 6.45) is -0.432. The summed E-state index contributed by atoms with van der Waals surface area (Å²) in [5, 5.41) is 0. The molecule has 7 nitrogen and oxygen atoms in total. The molecule has 11 heteroatoms. The number of carbonyl (C=O) groups is 1. The van der Waals surface area contributed by atoms with Gasteiger partial charge in [0.1, 0.15) is 6.10 Å². The molecule has 2 unspecified atom stereocenters. The molecule has 0 bridgehead atoms. The highest BCUT2D eigenvalue weighted by atomic mass is 19.4. The molecule has 1 aromatic carbocycles. The number of aromatic nitrogens is 4. The van der Waals surface area contributed by atoms with E-state index in [9.17, 15) is 22.4 Å². The molecule has 0 radical (unpaired) electrons. The zero-order valence-corrected chi connectivity index (χ0v) is 18.4. The van der Waals surface area contributed by atoms with Crippen molar-refractivity contribution in [3.05, 3.63) is 65.5 Å². The lowest BCUT2D eigenvalue weighted by atomic mass is 9.95. The molecule has 4 rings (SSSR count). The lowest BCUT2D eigenvalue weighted by molar-refractivity contribution is -0.138. The smallest absolute Gasteiger partial charge is 0.419 e. The molecule has 0 saturated carbocycles. The van der Waals surface area contributed by atoms with E-state index in [4.69, 9.17) is 4.74 Å². The quantitative estimate of drug-likeness (QED) is 0.518. The van der Waals surface area contributed by atoms with Gasteiger partial charge in [0.15, 0.2) is 11.6 Å². The van der Waals surface area contributed by atoms with Crippen LogP contribution in [0.15, 0.2) is 43.0 Å². The highest BCUT2D eigenvalue weighted by Gasteiger charge is 2.35. The van der Waals surface area contributed by atoms with E-state index in [0.29, 0.717) is 42.9 Å². The summed E-state index contributed by atoms with van der Waals surface area (Å²) in [5.74, 6) is -0.625. The first-order valence-corrected chi connectivity index (χ1v) is 10.6. The molecule has 0 aliphatic carbocycles. The Labute approximate surface area is 192 Å². The van der Waals surface area contributed by atoms with Gasteiger partial charge in [0.25, 0.3) is 5.91 Å². The van der Waals surface area contributed by atoms with E-state index in [1.807, 2.05) is 13.0 Å². The molecule has 3 aromatic rings. The van der Waals surface area contributed by atoms with Crippen LogP contribution < -0.4 is 4.74 Å². The predicted molar refractivity (Wildman–Crippen MR) is 113 cm³/mol. The predicted octanol–water partition coefficient (Wildman–Crippen LogP) is 4.47. The van der Waals surface area contributed by atoms with Crippen LogP contribution in [0, 0.1) is 12.7 Å². The van der Waals surface area contributed by atoms with Gasteiger partial charge in [-0.1, -0.05) is 12.1 Å². The molecule has 1 aliphatic heterocycles. The van der Waals surface area contributed by atoms with Gasteiger partial charge in [0.2, 0.25) is 0 Å². The van der Waals surface area contributed by atoms with Gasteiger partial charge in [-0.15, -0.1) is 0 Å². The Bertz CT molecular complexity index is 1170. The van der Waals surface area contributed by atoms with Crippen LogP contribution in [0.1, 0.15) is 41.3 Å². The molecule has 178 valence electrons. The Morgan fingerprint density at radius 3 is 2.41 bits per heavy atom. The number of nitrogens with zero attached hydrogens (tertiary/aromatic N) is 5. The number of hydrogen-bond acceptors (Lipinski definition) is 6. The summed E-state index contributed by atoms with van der Waals surface area (Å²) in [4.78, 5) is 30.6. The minimum atomic E-state index is -4.54. The van der Waals surface area contributed by atoms with Crippen LogP contribution in [-0.2, 0) is 6.18 Å². The molecule has 1 fully saturated rings. The maximum atomic E-state index is 13.6. The topological polar surface area (TPSA) is 81.1 Å². The third-order valence-electron chi connectivity index (χ3n) is 5.74. The number of halogens is 4. The first-order chi connectivity index (χ1) is 16.1. The van der Waals surface area contributed by atoms with E-state index < -0.39 is 29.7 Å². The van der Waals surface area contributed by atoms with Crippen molar-refractivity contribution in [3.63, 3.8) is 0 Å². The average Bonchev–Trinajstić information content (AvgIpc) is 2.80. The van der Waals surface area contributed by atoms with Crippen LogP contribution in [0.5, 0.6) is 6.01 Å². The van der Waals surface area contributed by atoms with Crippen molar-refractivity contribution < 1.29 is 27.1 Å². The van der Waals surface area contributed by atoms with Gasteiger partial charge in [0, 0.05) is 24.5 Å². The fourth-order valence-electron chi connectivity index (χ4n) is 3.95. The number of aryl methyl sites for hydroxylation is 1. The second-order valence-electron chi connectivity index (χ2n) is 8.01. The molecule has 0 spiro atoms. The maximum absolute atomic E-state index is 13.6. The maximum Gasteiger partial charge on any atom is 0.419 e. The third-order valence-corrected chi connectivity index (χ3v) is 5.74. The first kappa shape index (κ1) is 23.5. The van der Waals surface area contributed by atoms with Crippen LogP contribution in [-0.4, -0.2) is 49.4 Å². The molecular formula is C23H21F4N5O2. The lowest BCUT2D eigenvalue weighted by Crippen LogP contribution is -2.51. The number of alkyl halides is 3. The van der Waals surface area contributed by atoms with E-state index in [2.05, 4.69) is 19.9 Å². The minimum absolute atomic E-state index is 0.185. The normalized spacial score (nSPS) is 18.6. The van der Waals surface area contributed by atoms with Crippen LogP contribution in [0.3, 0.4) is 0 Å². The van der Waals surface area contributed by atoms with E-state index in [1.54, 1.807) is 24.0 Å². The second kappa shape index (κ2) is 9.32. The van der Waals surface area contributed by atoms with Crippen molar-refractivity contribution in [2.24, 2.45) is 0 Å². The minimum Gasteiger partial charge on any atom is -0.458 e. The van der Waals surface area contributed by atoms with Gasteiger partial charge >= 0.3 is 12.2 Å². The van der Waals surface area contributed by atoms with Crippen LogP contribution in [0.2, 0.25) is 0 Å². The van der Waals surface area contributed by atoms with E-state index in [0.717, 1.165) is 18.0 Å². The average molecular weight is 475 g/mol. The molecule has 34 heavy (non-hydrogen) atoms. The largest absolute Gasteiger partial charge is 0.458 e. The molecule has 1 amide bonds. The van der Waals surface area contributed by atoms with Gasteiger partial charge in [-0.25, -0.2) is 24.3 Å². The number of carbonyl (C=O) groups excluding carboxylic acids is 1. The zero-order chi connectivity index (χ0) is 24.5. The van der Waals surface area contributed by atoms with Gasteiger partial charge in [-0.3, -0.25) is 4.79 Å². The standard InChI is InChI=1S/C23H21F4N5O2/c1-13-5-3-6-17(19(13)20-28-11-16(24)12-29-20)21(33)32-8-4-7-18(14(32)2)34-22-30-9-15(10-31-22)23(25,26)27/h3,5-6,9-12,14,18H,4,7-8H2,1-2H3. The lowest BCUT2D eigenvalue weighted by Gasteiger charge is -2.39. The monoisotopic (exact) mass is 475 g/mol. The van der Waals surface area contributed by atoms with Crippen molar-refractivity contribution in [2.45, 2.75) is 45.0 Å². The highest BCUT2D eigenvalue weighted by Crippen LogP contribution is 2.30. The number of ether oxygens (including phenoxy) is 1. The summed E-state index contributed by atoms with van der Waals surface area (Å²) < 4.78 is 57.3. The Morgan fingerprint density at radius 2 is 1.76 bits per heavy atom. The molecule has 1 aliphatic rings. The summed E-state index contributed by atoms with van der Waals surface area (Å²) in [5.41, 5.74) is 0.662. The van der Waals surface area contributed by atoms with Crippen molar-refractivity contribution in [1.82, 2.24) is 24.8 Å². The SMILES string of the molecule is Cc1cccc(C(=O)N2CCCC(Oc3ncc(C(F)(F)F)cn3)C2C)c1-c1ncc(F)cn1. The molecule has 0 N–H and O–H groups in total. The van der Waals surface area contributed by atoms with Crippen LogP contribution in [0.25, 0.3) is 11.4 Å². The third kappa shape index (κ3) is 4.82. The fraction of sp³-hybridized carbons (Fsp3) is 0.348. The van der Waals surface area contributed by atoms with Gasteiger partial charge in [-0.05, 0) is 38.3 Å². The molecule has 3 heterocycles. The Kier molecular flexibility index (Phi) is 6.45. The van der Waals surface area contributed by atoms with Crippen molar-refractivity contribution >= 4 is 5.91 Å². The number of benzene rings is 1. The van der Waals surface area contributed by atoms with E-state index in [1.165, 1.54) is 0 Å². The Morgan fingerprint density at radius 1 is 1.09 bits per heavy atom. The van der Waals surface area contributed by atoms with Crippen LogP contribution >= 0.6 is 0 Å². The highest BCUT2D eigenvalue weighted by molar-refractivity contribution is 6.01. The van der Waals surface area contributed by atoms with Gasteiger partial charge < -0.3 is 9.64 Å². The summed E-state index contributed by atoms with van der Waals surface area (Å²) >= 11 is 0. The molecule has 1 saturated heterocycles. The number of likely N-dealkylation sites (tertiary alicyclic amines) is 1. The molecule has 2 atom stereocenters. The molecule has 2 aromatic heterocycles. The molecular weight excluding hydrogens is 454 g/mol.